The summed E-state index contributed by atoms with van der Waals surface area (Å²) in [5.41, 5.74) is 0. The number of hydrogen-bond donors (Lipinski definition) is 1. The van der Waals surface area contributed by atoms with Crippen molar-refractivity contribution in [2.45, 2.75) is 38.3 Å². The molecule has 0 amide bonds. The summed E-state index contributed by atoms with van der Waals surface area (Å²) in [6.07, 6.45) is 3.82. The lowest BCUT2D eigenvalue weighted by molar-refractivity contribution is 0.109. The molecule has 2 bridgehead atoms. The van der Waals surface area contributed by atoms with Crippen LogP contribution < -0.4 is 0 Å². The number of aliphatic hydroxyl groups is 1. The molecule has 0 aliphatic carbocycles. The smallest absolute Gasteiger partial charge is 0.0558 e. The molecule has 3 rings (SSSR count). The van der Waals surface area contributed by atoms with Gasteiger partial charge in [-0.1, -0.05) is 6.92 Å². The van der Waals surface area contributed by atoms with Gasteiger partial charge in [-0.25, -0.2) is 0 Å². The normalized spacial score (nSPS) is 38.6. The summed E-state index contributed by atoms with van der Waals surface area (Å²) in [7, 11) is 0. The monoisotopic (exact) mass is 198 g/mol. The maximum absolute atomic E-state index is 9.10. The molecule has 3 saturated heterocycles. The Morgan fingerprint density at radius 1 is 1.29 bits per heavy atom. The molecule has 3 nitrogen and oxygen atoms in total. The highest BCUT2D eigenvalue weighted by Crippen LogP contribution is 2.25. The van der Waals surface area contributed by atoms with Gasteiger partial charge < -0.3 is 10.0 Å². The zero-order valence-electron chi connectivity index (χ0n) is 9.15. The van der Waals surface area contributed by atoms with Crippen molar-refractivity contribution in [3.05, 3.63) is 0 Å². The molecule has 82 valence electrons. The highest BCUT2D eigenvalue weighted by Gasteiger charge is 2.33. The van der Waals surface area contributed by atoms with Gasteiger partial charge in [-0.15, -0.1) is 0 Å². The van der Waals surface area contributed by atoms with Crippen LogP contribution in [0.4, 0.5) is 0 Å². The highest BCUT2D eigenvalue weighted by molar-refractivity contribution is 4.90. The number of nitrogens with zero attached hydrogens (tertiary/aromatic N) is 2. The lowest BCUT2D eigenvalue weighted by Crippen LogP contribution is -2.44. The maximum Gasteiger partial charge on any atom is 0.0558 e. The second-order valence-corrected chi connectivity index (χ2v) is 4.56. The number of rotatable bonds is 3. The lowest BCUT2D eigenvalue weighted by Gasteiger charge is -2.34. The van der Waals surface area contributed by atoms with E-state index in [0.29, 0.717) is 12.6 Å². The van der Waals surface area contributed by atoms with Crippen molar-refractivity contribution in [2.75, 3.05) is 32.8 Å². The minimum Gasteiger partial charge on any atom is -0.395 e. The van der Waals surface area contributed by atoms with Crippen LogP contribution in [-0.2, 0) is 0 Å². The number of piperidine rings is 1. The SMILES string of the molecule is CCC1CN2CCC(CC2)N1CCO. The first-order valence-electron chi connectivity index (χ1n) is 5.94. The van der Waals surface area contributed by atoms with Gasteiger partial charge in [0, 0.05) is 25.2 Å². The molecule has 1 unspecified atom stereocenters. The van der Waals surface area contributed by atoms with E-state index >= 15 is 0 Å². The van der Waals surface area contributed by atoms with E-state index in [1.165, 1.54) is 38.9 Å². The van der Waals surface area contributed by atoms with Gasteiger partial charge in [0.1, 0.15) is 0 Å². The molecule has 0 aromatic carbocycles. The third-order valence-electron chi connectivity index (χ3n) is 3.79. The van der Waals surface area contributed by atoms with Crippen LogP contribution in [0.25, 0.3) is 0 Å². The molecule has 3 heterocycles. The largest absolute Gasteiger partial charge is 0.395 e. The topological polar surface area (TPSA) is 26.7 Å². The summed E-state index contributed by atoms with van der Waals surface area (Å²) >= 11 is 0. The van der Waals surface area contributed by atoms with E-state index in [1.807, 2.05) is 0 Å². The number of aliphatic hydroxyl groups excluding tert-OH is 1. The van der Waals surface area contributed by atoms with Crippen molar-refractivity contribution < 1.29 is 5.11 Å². The van der Waals surface area contributed by atoms with Gasteiger partial charge in [0.15, 0.2) is 0 Å². The van der Waals surface area contributed by atoms with Crippen LogP contribution in [0.2, 0.25) is 0 Å². The molecule has 3 fully saturated rings. The first-order chi connectivity index (χ1) is 6.85. The molecular formula is C11H22N2O. The Balaban J connectivity index is 2.07. The Morgan fingerprint density at radius 3 is 2.57 bits per heavy atom. The van der Waals surface area contributed by atoms with E-state index in [0.717, 1.165) is 12.6 Å². The van der Waals surface area contributed by atoms with Crippen LogP contribution in [0, 0.1) is 0 Å². The first kappa shape index (κ1) is 10.4. The zero-order valence-corrected chi connectivity index (χ0v) is 9.15. The highest BCUT2D eigenvalue weighted by atomic mass is 16.3. The minimum absolute atomic E-state index is 0.312. The average molecular weight is 198 g/mol. The third-order valence-corrected chi connectivity index (χ3v) is 3.79. The molecule has 1 N–H and O–H groups in total. The Labute approximate surface area is 86.7 Å². The Kier molecular flexibility index (Phi) is 3.42. The number of hydrogen-bond acceptors (Lipinski definition) is 3. The molecule has 0 aromatic heterocycles. The van der Waals surface area contributed by atoms with Gasteiger partial charge in [0.2, 0.25) is 0 Å². The molecule has 0 aromatic rings. The molecule has 0 spiro atoms. The van der Waals surface area contributed by atoms with E-state index in [9.17, 15) is 0 Å². The van der Waals surface area contributed by atoms with Gasteiger partial charge >= 0.3 is 0 Å². The van der Waals surface area contributed by atoms with Gasteiger partial charge in [0.05, 0.1) is 6.61 Å². The van der Waals surface area contributed by atoms with Crippen LogP contribution in [-0.4, -0.2) is 59.8 Å². The molecule has 14 heavy (non-hydrogen) atoms. The number of fused-ring (bicyclic) bond motifs is 4. The van der Waals surface area contributed by atoms with E-state index in [4.69, 9.17) is 5.11 Å². The lowest BCUT2D eigenvalue weighted by atomic mass is 10.0. The Morgan fingerprint density at radius 2 is 2.00 bits per heavy atom. The van der Waals surface area contributed by atoms with E-state index in [2.05, 4.69) is 16.7 Å². The molecule has 0 radical (unpaired) electrons. The summed E-state index contributed by atoms with van der Waals surface area (Å²) in [5, 5.41) is 9.10. The summed E-state index contributed by atoms with van der Waals surface area (Å²) in [5.74, 6) is 0. The third kappa shape index (κ3) is 1.95. The first-order valence-corrected chi connectivity index (χ1v) is 5.94. The standard InChI is InChI=1S/C11H22N2O/c1-2-10-9-12-5-3-11(4-6-12)13(10)7-8-14/h10-11,14H,2-9H2,1H3. The van der Waals surface area contributed by atoms with E-state index in [-0.39, 0.29) is 0 Å². The van der Waals surface area contributed by atoms with Crippen molar-refractivity contribution in [2.24, 2.45) is 0 Å². The Bertz CT molecular complexity index is 178. The van der Waals surface area contributed by atoms with E-state index < -0.39 is 0 Å². The van der Waals surface area contributed by atoms with Gasteiger partial charge in [0.25, 0.3) is 0 Å². The minimum atomic E-state index is 0.312. The van der Waals surface area contributed by atoms with Crippen LogP contribution in [0.5, 0.6) is 0 Å². The summed E-state index contributed by atoms with van der Waals surface area (Å²) in [6, 6.07) is 1.42. The van der Waals surface area contributed by atoms with Crippen molar-refractivity contribution >= 4 is 0 Å². The summed E-state index contributed by atoms with van der Waals surface area (Å²) < 4.78 is 0. The van der Waals surface area contributed by atoms with E-state index in [1.54, 1.807) is 0 Å². The zero-order chi connectivity index (χ0) is 9.97. The van der Waals surface area contributed by atoms with Gasteiger partial charge in [-0.05, 0) is 32.4 Å². The van der Waals surface area contributed by atoms with Crippen molar-refractivity contribution in [3.8, 4) is 0 Å². The second-order valence-electron chi connectivity index (χ2n) is 4.56. The quantitative estimate of drug-likeness (QED) is 0.717. The fourth-order valence-electron chi connectivity index (χ4n) is 2.98. The molecule has 0 saturated carbocycles. The summed E-state index contributed by atoms with van der Waals surface area (Å²) in [6.45, 7) is 7.20. The predicted molar refractivity (Wildman–Crippen MR) is 57.3 cm³/mol. The molecule has 1 atom stereocenters. The van der Waals surface area contributed by atoms with Crippen LogP contribution >= 0.6 is 0 Å². The molecule has 3 aliphatic rings. The second kappa shape index (κ2) is 4.60. The van der Waals surface area contributed by atoms with Crippen molar-refractivity contribution in [3.63, 3.8) is 0 Å². The van der Waals surface area contributed by atoms with Crippen LogP contribution in [0.1, 0.15) is 26.2 Å². The van der Waals surface area contributed by atoms with Crippen molar-refractivity contribution in [1.29, 1.82) is 0 Å². The fourth-order valence-corrected chi connectivity index (χ4v) is 2.98. The summed E-state index contributed by atoms with van der Waals surface area (Å²) in [4.78, 5) is 5.13. The molecule has 3 aliphatic heterocycles. The van der Waals surface area contributed by atoms with Crippen molar-refractivity contribution in [1.82, 2.24) is 9.80 Å². The maximum atomic E-state index is 9.10. The van der Waals surface area contributed by atoms with Crippen LogP contribution in [0.15, 0.2) is 0 Å². The van der Waals surface area contributed by atoms with Gasteiger partial charge in [-0.3, -0.25) is 4.90 Å². The predicted octanol–water partition coefficient (Wildman–Crippen LogP) is 0.537. The van der Waals surface area contributed by atoms with Gasteiger partial charge in [-0.2, -0.15) is 0 Å². The van der Waals surface area contributed by atoms with Crippen LogP contribution in [0.3, 0.4) is 0 Å². The average Bonchev–Trinajstić information content (AvgIpc) is 2.49. The fraction of sp³-hybridized carbons (Fsp3) is 1.00. The Hall–Kier alpha value is -0.120. The molecular weight excluding hydrogens is 176 g/mol. The molecule has 3 heteroatoms.